The number of rotatable bonds is 7. The minimum absolute atomic E-state index is 0. The molecule has 0 amide bonds. The van der Waals surface area contributed by atoms with E-state index in [4.69, 9.17) is 0 Å². The molecule has 0 saturated carbocycles. The smallest absolute Gasteiger partial charge is 0.339 e. The van der Waals surface area contributed by atoms with Crippen LogP contribution in [0.2, 0.25) is 0 Å². The molecule has 1 atom stereocenters. The molecule has 3 nitrogen and oxygen atoms in total. The van der Waals surface area contributed by atoms with E-state index < -0.39 is 0 Å². The number of hydrogen-bond donors (Lipinski definition) is 0. The summed E-state index contributed by atoms with van der Waals surface area (Å²) in [6, 6.07) is 18.6. The molecule has 3 aromatic rings. The second-order valence-corrected chi connectivity index (χ2v) is 11.0. The molecule has 1 aliphatic rings. The van der Waals surface area contributed by atoms with Crippen LogP contribution in [0.15, 0.2) is 42.5 Å². The number of pyridine rings is 1. The SMILES string of the molecule is CCCN(Cc1cccc(C)n1)Cc1cc(-c2ccc(C)s2)c[c-]c1C.[CH2-]C1CCCN(C)C1.[U+2]. The largest absolute Gasteiger partial charge is 2.00 e. The summed E-state index contributed by atoms with van der Waals surface area (Å²) in [5, 5.41) is 0. The van der Waals surface area contributed by atoms with Gasteiger partial charge in [0.25, 0.3) is 0 Å². The predicted molar refractivity (Wildman–Crippen MR) is 147 cm³/mol. The molecule has 1 unspecified atom stereocenters. The molecule has 4 rings (SSSR count). The summed E-state index contributed by atoms with van der Waals surface area (Å²) < 4.78 is 0. The van der Waals surface area contributed by atoms with Gasteiger partial charge in [-0.15, -0.1) is 11.1 Å². The molecule has 1 aliphatic heterocycles. The van der Waals surface area contributed by atoms with E-state index in [1.165, 1.54) is 52.4 Å². The molecule has 1 saturated heterocycles. The van der Waals surface area contributed by atoms with Crippen LogP contribution in [-0.2, 0) is 13.1 Å². The Kier molecular flexibility index (Phi) is 13.3. The van der Waals surface area contributed by atoms with Crippen molar-refractivity contribution in [3.05, 3.63) is 82.8 Å². The molecule has 0 radical (unpaired) electrons. The van der Waals surface area contributed by atoms with Crippen molar-refractivity contribution in [3.63, 3.8) is 0 Å². The molecular weight excluding hydrogens is 672 g/mol. The van der Waals surface area contributed by atoms with E-state index >= 15 is 0 Å². The van der Waals surface area contributed by atoms with Crippen molar-refractivity contribution < 1.29 is 31.1 Å². The third-order valence-corrected chi connectivity index (χ3v) is 7.32. The summed E-state index contributed by atoms with van der Waals surface area (Å²) in [6.45, 7) is 18.0. The first-order valence-corrected chi connectivity index (χ1v) is 13.4. The Labute approximate surface area is 241 Å². The number of hydrogen-bond acceptors (Lipinski definition) is 4. The standard InChI is InChI=1S/C23H27N2S.C7H14N.U/c1-5-13-25(16-22-8-6-7-18(3)24-22)15-21-14-20(11-9-17(21)2)23-12-10-19(4)26-23;1-7-4-3-5-8(2)6-7;/h6-8,10-12,14H,5,13,15-16H2,1-4H3;7H,1,3-6H2,2H3;/q2*-1;+2. The second kappa shape index (κ2) is 15.3. The van der Waals surface area contributed by atoms with Gasteiger partial charge in [-0.3, -0.25) is 4.98 Å². The summed E-state index contributed by atoms with van der Waals surface area (Å²) in [6.07, 6.45) is 3.80. The molecule has 186 valence electrons. The van der Waals surface area contributed by atoms with E-state index in [0.29, 0.717) is 5.92 Å². The molecule has 0 aliphatic carbocycles. The Morgan fingerprint density at radius 1 is 1.17 bits per heavy atom. The van der Waals surface area contributed by atoms with E-state index in [1.54, 1.807) is 0 Å². The number of aryl methyl sites for hydroxylation is 3. The monoisotopic (exact) mass is 713 g/mol. The summed E-state index contributed by atoms with van der Waals surface area (Å²) >= 11 is 1.85. The number of thiophene rings is 1. The molecule has 1 aromatic carbocycles. The topological polar surface area (TPSA) is 19.4 Å². The van der Waals surface area contributed by atoms with E-state index in [2.05, 4.69) is 105 Å². The zero-order valence-corrected chi connectivity index (χ0v) is 27.2. The Bertz CT molecular complexity index is 1020. The van der Waals surface area contributed by atoms with Crippen LogP contribution in [0.3, 0.4) is 0 Å². The van der Waals surface area contributed by atoms with Crippen LogP contribution < -0.4 is 0 Å². The minimum atomic E-state index is 0. The van der Waals surface area contributed by atoms with Crippen molar-refractivity contribution in [2.75, 3.05) is 26.7 Å². The number of benzene rings is 1. The first kappa shape index (κ1) is 30.3. The molecule has 0 spiro atoms. The zero-order valence-electron chi connectivity index (χ0n) is 22.2. The van der Waals surface area contributed by atoms with E-state index in [1.807, 2.05) is 11.3 Å². The fraction of sp³-hybridized carbons (Fsp3) is 0.467. The van der Waals surface area contributed by atoms with E-state index in [-0.39, 0.29) is 31.1 Å². The number of nitrogens with zero attached hydrogens (tertiary/aromatic N) is 3. The minimum Gasteiger partial charge on any atom is -0.339 e. The van der Waals surface area contributed by atoms with Crippen LogP contribution >= 0.6 is 11.3 Å². The van der Waals surface area contributed by atoms with Crippen molar-refractivity contribution in [2.45, 2.75) is 60.0 Å². The van der Waals surface area contributed by atoms with Crippen LogP contribution in [0, 0.1) is 70.8 Å². The Morgan fingerprint density at radius 2 is 1.97 bits per heavy atom. The van der Waals surface area contributed by atoms with Gasteiger partial charge in [0.15, 0.2) is 0 Å². The number of aromatic nitrogens is 1. The molecule has 3 heterocycles. The van der Waals surface area contributed by atoms with Crippen LogP contribution in [0.4, 0.5) is 0 Å². The maximum absolute atomic E-state index is 4.68. The van der Waals surface area contributed by atoms with Gasteiger partial charge in [-0.25, -0.2) is 0 Å². The normalized spacial score (nSPS) is 15.9. The van der Waals surface area contributed by atoms with E-state index in [9.17, 15) is 0 Å². The first-order chi connectivity index (χ1) is 16.3. The van der Waals surface area contributed by atoms with Crippen molar-refractivity contribution in [2.24, 2.45) is 5.92 Å². The summed E-state index contributed by atoms with van der Waals surface area (Å²) in [5.74, 6) is 0.689. The van der Waals surface area contributed by atoms with Crippen LogP contribution in [0.5, 0.6) is 0 Å². The number of likely N-dealkylation sites (tertiary alicyclic amines) is 1. The van der Waals surface area contributed by atoms with Crippen LogP contribution in [-0.4, -0.2) is 41.5 Å². The van der Waals surface area contributed by atoms with Crippen molar-refractivity contribution in [1.29, 1.82) is 0 Å². The van der Waals surface area contributed by atoms with Gasteiger partial charge >= 0.3 is 31.1 Å². The van der Waals surface area contributed by atoms with E-state index in [0.717, 1.165) is 37.4 Å². The average molecular weight is 714 g/mol. The third-order valence-electron chi connectivity index (χ3n) is 6.27. The second-order valence-electron chi connectivity index (χ2n) is 9.70. The molecule has 5 heteroatoms. The summed E-state index contributed by atoms with van der Waals surface area (Å²) in [7, 11) is 2.16. The molecular formula is C30H41N3SU. The molecule has 1 fully saturated rings. The van der Waals surface area contributed by atoms with Crippen LogP contribution in [0.25, 0.3) is 10.4 Å². The molecule has 35 heavy (non-hydrogen) atoms. The first-order valence-electron chi connectivity index (χ1n) is 12.6. The van der Waals surface area contributed by atoms with Crippen molar-refractivity contribution >= 4 is 11.3 Å². The van der Waals surface area contributed by atoms with Gasteiger partial charge in [0, 0.05) is 17.1 Å². The van der Waals surface area contributed by atoms with Gasteiger partial charge in [0.2, 0.25) is 0 Å². The molecule has 0 N–H and O–H groups in total. The average Bonchev–Trinajstić information content (AvgIpc) is 3.22. The summed E-state index contributed by atoms with van der Waals surface area (Å²) in [4.78, 5) is 12.2. The van der Waals surface area contributed by atoms with Gasteiger partial charge in [-0.2, -0.15) is 41.0 Å². The van der Waals surface area contributed by atoms with Gasteiger partial charge in [0.1, 0.15) is 0 Å². The van der Waals surface area contributed by atoms with Crippen molar-refractivity contribution in [3.8, 4) is 10.4 Å². The molecule has 2 aromatic heterocycles. The molecule has 0 bridgehead atoms. The quantitative estimate of drug-likeness (QED) is 0.244. The summed E-state index contributed by atoms with van der Waals surface area (Å²) in [5.41, 5.74) is 6.09. The predicted octanol–water partition coefficient (Wildman–Crippen LogP) is 7.11. The van der Waals surface area contributed by atoms with Gasteiger partial charge in [-0.05, 0) is 83.0 Å². The Balaban J connectivity index is 0.000000409. The maximum atomic E-state index is 4.68. The van der Waals surface area contributed by atoms with Gasteiger partial charge in [0.05, 0.1) is 5.69 Å². The Hall–Kier alpha value is -0.958. The zero-order chi connectivity index (χ0) is 24.5. The fourth-order valence-corrected chi connectivity index (χ4v) is 5.33. The van der Waals surface area contributed by atoms with Gasteiger partial charge < -0.3 is 16.7 Å². The van der Waals surface area contributed by atoms with Crippen LogP contribution in [0.1, 0.15) is 53.6 Å². The van der Waals surface area contributed by atoms with Crippen molar-refractivity contribution in [1.82, 2.24) is 14.8 Å². The van der Waals surface area contributed by atoms with Gasteiger partial charge in [-0.1, -0.05) is 32.4 Å². The maximum Gasteiger partial charge on any atom is 2.00 e. The number of piperidine rings is 1. The fourth-order valence-electron chi connectivity index (χ4n) is 4.47. The third kappa shape index (κ3) is 10.1. The Morgan fingerprint density at radius 3 is 2.57 bits per heavy atom.